The zero-order valence-corrected chi connectivity index (χ0v) is 10.9. The number of benzene rings is 1. The Labute approximate surface area is 118 Å². The Morgan fingerprint density at radius 2 is 2.19 bits per heavy atom. The molecule has 3 aromatic rings. The number of carboxylic acid groups (broad SMARTS) is 1. The lowest BCUT2D eigenvalue weighted by molar-refractivity contribution is 0.0689. The first-order chi connectivity index (χ1) is 10.1. The van der Waals surface area contributed by atoms with Crippen LogP contribution in [0.4, 0.5) is 4.39 Å². The Hall–Kier alpha value is -2.96. The quantitative estimate of drug-likeness (QED) is 0.801. The van der Waals surface area contributed by atoms with Crippen LogP contribution in [0.2, 0.25) is 0 Å². The van der Waals surface area contributed by atoms with Crippen molar-refractivity contribution in [3.05, 3.63) is 53.6 Å². The van der Waals surface area contributed by atoms with E-state index in [2.05, 4.69) is 10.1 Å². The normalized spacial score (nSPS) is 10.8. The van der Waals surface area contributed by atoms with E-state index in [1.165, 1.54) is 23.0 Å². The molecule has 0 atom stereocenters. The highest BCUT2D eigenvalue weighted by atomic mass is 19.1. The molecule has 21 heavy (non-hydrogen) atoms. The highest BCUT2D eigenvalue weighted by Gasteiger charge is 2.18. The number of aromatic carboxylic acids is 1. The third-order valence-electron chi connectivity index (χ3n) is 2.89. The van der Waals surface area contributed by atoms with Gasteiger partial charge in [-0.1, -0.05) is 6.07 Å². The molecule has 0 saturated carbocycles. The van der Waals surface area contributed by atoms with Gasteiger partial charge in [-0.15, -0.1) is 0 Å². The summed E-state index contributed by atoms with van der Waals surface area (Å²) in [5.41, 5.74) is 0.893. The third-order valence-corrected chi connectivity index (χ3v) is 2.89. The highest BCUT2D eigenvalue weighted by Crippen LogP contribution is 2.28. The Morgan fingerprint density at radius 1 is 1.38 bits per heavy atom. The summed E-state index contributed by atoms with van der Waals surface area (Å²) in [4.78, 5) is 15.2. The molecule has 3 rings (SSSR count). The summed E-state index contributed by atoms with van der Waals surface area (Å²) in [6.07, 6.45) is 1.35. The number of nitrogens with zero attached hydrogens (tertiary/aromatic N) is 3. The first-order valence-electron chi connectivity index (χ1n) is 6.06. The number of pyridine rings is 1. The fraction of sp³-hybridized carbons (Fsp3) is 0.0714. The van der Waals surface area contributed by atoms with Crippen molar-refractivity contribution in [2.24, 2.45) is 0 Å². The smallest absolute Gasteiger partial charge is 0.342 e. The lowest BCUT2D eigenvalue weighted by Crippen LogP contribution is -2.05. The third kappa shape index (κ3) is 2.29. The monoisotopic (exact) mass is 287 g/mol. The maximum atomic E-state index is 13.6. The van der Waals surface area contributed by atoms with Gasteiger partial charge in [0.2, 0.25) is 5.88 Å². The van der Waals surface area contributed by atoms with E-state index in [1.54, 1.807) is 12.1 Å². The van der Waals surface area contributed by atoms with Gasteiger partial charge in [0.15, 0.2) is 5.65 Å². The fourth-order valence-electron chi connectivity index (χ4n) is 2.00. The van der Waals surface area contributed by atoms with Crippen LogP contribution in [-0.4, -0.2) is 25.7 Å². The van der Waals surface area contributed by atoms with Crippen molar-refractivity contribution < 1.29 is 19.0 Å². The van der Waals surface area contributed by atoms with Crippen molar-refractivity contribution in [3.63, 3.8) is 0 Å². The first-order valence-corrected chi connectivity index (χ1v) is 6.06. The number of hydrogen-bond acceptors (Lipinski definition) is 4. The van der Waals surface area contributed by atoms with Crippen LogP contribution in [0.5, 0.6) is 11.6 Å². The molecule has 7 heteroatoms. The van der Waals surface area contributed by atoms with Crippen LogP contribution in [0.15, 0.2) is 36.7 Å². The summed E-state index contributed by atoms with van der Waals surface area (Å²) >= 11 is 0. The van der Waals surface area contributed by atoms with E-state index in [9.17, 15) is 9.18 Å². The lowest BCUT2D eigenvalue weighted by Gasteiger charge is -2.10. The standard InChI is InChI=1S/C14H10FN3O3/c1-8-5-11-16-7-17-18(11)12(6-8)21-10-4-2-3-9(15)13(10)14(19)20/h2-7H,1H3,(H,19,20). The van der Waals surface area contributed by atoms with E-state index in [1.807, 2.05) is 6.92 Å². The molecule has 0 aliphatic rings. The number of halogens is 1. The molecular formula is C14H10FN3O3. The molecule has 0 aliphatic heterocycles. The summed E-state index contributed by atoms with van der Waals surface area (Å²) in [6.45, 7) is 1.84. The molecule has 0 saturated heterocycles. The fourth-order valence-corrected chi connectivity index (χ4v) is 2.00. The van der Waals surface area contributed by atoms with Gasteiger partial charge >= 0.3 is 5.97 Å². The summed E-state index contributed by atoms with van der Waals surface area (Å²) in [6, 6.07) is 7.29. The number of hydrogen-bond donors (Lipinski definition) is 1. The Morgan fingerprint density at radius 3 is 2.95 bits per heavy atom. The number of aryl methyl sites for hydroxylation is 1. The van der Waals surface area contributed by atoms with Crippen LogP contribution in [0, 0.1) is 12.7 Å². The number of carboxylic acids is 1. The maximum absolute atomic E-state index is 13.6. The van der Waals surface area contributed by atoms with E-state index in [-0.39, 0.29) is 11.6 Å². The number of aromatic nitrogens is 3. The largest absolute Gasteiger partial charge is 0.477 e. The maximum Gasteiger partial charge on any atom is 0.342 e. The zero-order valence-electron chi connectivity index (χ0n) is 10.9. The molecule has 2 aromatic heterocycles. The van der Waals surface area contributed by atoms with Gasteiger partial charge < -0.3 is 9.84 Å². The Balaban J connectivity index is 2.13. The van der Waals surface area contributed by atoms with E-state index < -0.39 is 17.3 Å². The van der Waals surface area contributed by atoms with Crippen molar-refractivity contribution >= 4 is 11.6 Å². The topological polar surface area (TPSA) is 76.7 Å². The van der Waals surface area contributed by atoms with Crippen LogP contribution in [0.25, 0.3) is 5.65 Å². The van der Waals surface area contributed by atoms with Crippen LogP contribution >= 0.6 is 0 Å². The molecule has 2 heterocycles. The van der Waals surface area contributed by atoms with Crippen molar-refractivity contribution in [3.8, 4) is 11.6 Å². The second kappa shape index (κ2) is 4.86. The van der Waals surface area contributed by atoms with Gasteiger partial charge in [0.1, 0.15) is 23.5 Å². The van der Waals surface area contributed by atoms with Gasteiger partial charge in [0.25, 0.3) is 0 Å². The van der Waals surface area contributed by atoms with Gasteiger partial charge in [-0.25, -0.2) is 14.2 Å². The molecule has 0 bridgehead atoms. The van der Waals surface area contributed by atoms with Crippen LogP contribution in [-0.2, 0) is 0 Å². The minimum absolute atomic E-state index is 0.0927. The molecule has 106 valence electrons. The number of ether oxygens (including phenoxy) is 1. The highest BCUT2D eigenvalue weighted by molar-refractivity contribution is 5.91. The van der Waals surface area contributed by atoms with Crippen LogP contribution < -0.4 is 4.74 Å². The average molecular weight is 287 g/mol. The number of rotatable bonds is 3. The molecule has 0 radical (unpaired) electrons. The Bertz CT molecular complexity index is 845. The van der Waals surface area contributed by atoms with E-state index >= 15 is 0 Å². The molecule has 1 aromatic carbocycles. The SMILES string of the molecule is Cc1cc(Oc2cccc(F)c2C(=O)O)n2ncnc2c1. The van der Waals surface area contributed by atoms with Crippen molar-refractivity contribution in [1.29, 1.82) is 0 Å². The second-order valence-electron chi connectivity index (χ2n) is 4.42. The predicted octanol–water partition coefficient (Wildman–Crippen LogP) is 2.67. The minimum atomic E-state index is -1.40. The predicted molar refractivity (Wildman–Crippen MR) is 71.2 cm³/mol. The average Bonchev–Trinajstić information content (AvgIpc) is 2.86. The molecule has 0 spiro atoms. The minimum Gasteiger partial charge on any atom is -0.477 e. The van der Waals surface area contributed by atoms with Crippen molar-refractivity contribution in [2.75, 3.05) is 0 Å². The molecule has 1 N–H and O–H groups in total. The van der Waals surface area contributed by atoms with Gasteiger partial charge in [0.05, 0.1) is 0 Å². The molecule has 0 unspecified atom stereocenters. The second-order valence-corrected chi connectivity index (χ2v) is 4.42. The first kappa shape index (κ1) is 13.0. The number of fused-ring (bicyclic) bond motifs is 1. The molecule has 0 amide bonds. The number of carbonyl (C=O) groups is 1. The van der Waals surface area contributed by atoms with Gasteiger partial charge in [0, 0.05) is 6.07 Å². The lowest BCUT2D eigenvalue weighted by atomic mass is 10.2. The Kier molecular flexibility index (Phi) is 3.02. The van der Waals surface area contributed by atoms with Crippen molar-refractivity contribution in [1.82, 2.24) is 14.6 Å². The summed E-state index contributed by atoms with van der Waals surface area (Å²) in [5.74, 6) is -2.09. The molecule has 6 nitrogen and oxygen atoms in total. The summed E-state index contributed by atoms with van der Waals surface area (Å²) in [7, 11) is 0. The van der Waals surface area contributed by atoms with Gasteiger partial charge in [-0.2, -0.15) is 9.61 Å². The van der Waals surface area contributed by atoms with Gasteiger partial charge in [-0.3, -0.25) is 0 Å². The molecule has 0 aliphatic carbocycles. The van der Waals surface area contributed by atoms with E-state index in [4.69, 9.17) is 9.84 Å². The van der Waals surface area contributed by atoms with Crippen molar-refractivity contribution in [2.45, 2.75) is 6.92 Å². The molecular weight excluding hydrogens is 277 g/mol. The van der Waals surface area contributed by atoms with E-state index in [0.717, 1.165) is 11.6 Å². The summed E-state index contributed by atoms with van der Waals surface area (Å²) in [5, 5.41) is 13.1. The van der Waals surface area contributed by atoms with Crippen LogP contribution in [0.3, 0.4) is 0 Å². The molecule has 0 fully saturated rings. The summed E-state index contributed by atoms with van der Waals surface area (Å²) < 4.78 is 20.6. The van der Waals surface area contributed by atoms with E-state index in [0.29, 0.717) is 5.65 Å². The van der Waals surface area contributed by atoms with Gasteiger partial charge in [-0.05, 0) is 30.7 Å². The van der Waals surface area contributed by atoms with Crippen LogP contribution in [0.1, 0.15) is 15.9 Å². The zero-order chi connectivity index (χ0) is 15.0.